The predicted octanol–water partition coefficient (Wildman–Crippen LogP) is 4.70. The first-order valence-corrected chi connectivity index (χ1v) is 7.16. The molecule has 1 aromatic carbocycles. The molecule has 2 rings (SSSR count). The lowest BCUT2D eigenvalue weighted by Gasteiger charge is -2.26. The molecule has 1 unspecified atom stereocenters. The minimum atomic E-state index is 0.186. The normalized spacial score (nSPS) is 20.6. The fourth-order valence-corrected chi connectivity index (χ4v) is 2.93. The van der Waals surface area contributed by atoms with Crippen molar-refractivity contribution in [1.82, 2.24) is 0 Å². The zero-order chi connectivity index (χ0) is 12.1. The number of nitrogens with two attached hydrogens (primary N) is 1. The molecule has 0 bridgehead atoms. The van der Waals surface area contributed by atoms with Crippen LogP contribution in [0.3, 0.4) is 0 Å². The number of benzene rings is 1. The van der Waals surface area contributed by atoms with Gasteiger partial charge in [-0.15, -0.1) is 0 Å². The molecule has 0 spiro atoms. The van der Waals surface area contributed by atoms with E-state index in [2.05, 4.69) is 12.1 Å². The van der Waals surface area contributed by atoms with Crippen molar-refractivity contribution in [2.45, 2.75) is 51.0 Å². The van der Waals surface area contributed by atoms with Crippen LogP contribution in [0.25, 0.3) is 0 Å². The number of rotatable bonds is 2. The molecule has 1 nitrogen and oxygen atoms in total. The Bertz CT molecular complexity index is 325. The van der Waals surface area contributed by atoms with Crippen LogP contribution in [-0.4, -0.2) is 0 Å². The average Bonchev–Trinajstić information content (AvgIpc) is 2.29. The van der Waals surface area contributed by atoms with Gasteiger partial charge in [0.25, 0.3) is 0 Å². The highest BCUT2D eigenvalue weighted by molar-refractivity contribution is 6.30. The second kappa shape index (κ2) is 6.42. The van der Waals surface area contributed by atoms with Crippen LogP contribution in [0.5, 0.6) is 0 Å². The van der Waals surface area contributed by atoms with Gasteiger partial charge < -0.3 is 5.73 Å². The van der Waals surface area contributed by atoms with E-state index in [1.54, 1.807) is 0 Å². The monoisotopic (exact) mass is 251 g/mol. The first-order valence-electron chi connectivity index (χ1n) is 6.78. The molecular formula is C15H22ClN. The summed E-state index contributed by atoms with van der Waals surface area (Å²) in [6.45, 7) is 0. The van der Waals surface area contributed by atoms with Gasteiger partial charge in [0, 0.05) is 11.1 Å². The SMILES string of the molecule is NC(c1ccc(Cl)cc1)C1CCCCCCC1. The van der Waals surface area contributed by atoms with Crippen LogP contribution >= 0.6 is 11.6 Å². The third kappa shape index (κ3) is 3.72. The molecule has 0 radical (unpaired) electrons. The van der Waals surface area contributed by atoms with Crippen LogP contribution in [0.15, 0.2) is 24.3 Å². The second-order valence-electron chi connectivity index (χ2n) is 5.18. The van der Waals surface area contributed by atoms with Crippen molar-refractivity contribution in [1.29, 1.82) is 0 Å². The van der Waals surface area contributed by atoms with Crippen molar-refractivity contribution in [3.05, 3.63) is 34.9 Å². The van der Waals surface area contributed by atoms with E-state index in [4.69, 9.17) is 17.3 Å². The Morgan fingerprint density at radius 3 is 2.06 bits per heavy atom. The lowest BCUT2D eigenvalue weighted by molar-refractivity contribution is 0.327. The Balaban J connectivity index is 2.01. The van der Waals surface area contributed by atoms with Crippen LogP contribution in [0.2, 0.25) is 5.02 Å². The van der Waals surface area contributed by atoms with Crippen molar-refractivity contribution in [2.75, 3.05) is 0 Å². The summed E-state index contributed by atoms with van der Waals surface area (Å²) >= 11 is 5.91. The van der Waals surface area contributed by atoms with E-state index >= 15 is 0 Å². The van der Waals surface area contributed by atoms with Crippen LogP contribution in [-0.2, 0) is 0 Å². The molecule has 0 aromatic heterocycles. The van der Waals surface area contributed by atoms with Gasteiger partial charge in [0.15, 0.2) is 0 Å². The first-order chi connectivity index (χ1) is 8.27. The summed E-state index contributed by atoms with van der Waals surface area (Å²) in [6.07, 6.45) is 9.40. The summed E-state index contributed by atoms with van der Waals surface area (Å²) in [4.78, 5) is 0. The molecule has 1 aliphatic carbocycles. The molecule has 1 fully saturated rings. The highest BCUT2D eigenvalue weighted by atomic mass is 35.5. The van der Waals surface area contributed by atoms with Gasteiger partial charge in [-0.25, -0.2) is 0 Å². The van der Waals surface area contributed by atoms with Crippen molar-refractivity contribution in [3.63, 3.8) is 0 Å². The zero-order valence-electron chi connectivity index (χ0n) is 10.4. The van der Waals surface area contributed by atoms with Crippen LogP contribution < -0.4 is 5.73 Å². The topological polar surface area (TPSA) is 26.0 Å². The van der Waals surface area contributed by atoms with E-state index in [0.717, 1.165) is 5.02 Å². The molecule has 1 saturated carbocycles. The van der Waals surface area contributed by atoms with Crippen molar-refractivity contribution < 1.29 is 0 Å². The molecule has 94 valence electrons. The van der Waals surface area contributed by atoms with Gasteiger partial charge in [-0.3, -0.25) is 0 Å². The summed E-state index contributed by atoms with van der Waals surface area (Å²) < 4.78 is 0. The molecular weight excluding hydrogens is 230 g/mol. The smallest absolute Gasteiger partial charge is 0.0406 e. The Morgan fingerprint density at radius 2 is 1.47 bits per heavy atom. The molecule has 1 atom stereocenters. The standard InChI is InChI=1S/C15H22ClN/c16-14-10-8-13(9-11-14)15(17)12-6-4-2-1-3-5-7-12/h8-12,15H,1-7,17H2. The fraction of sp³-hybridized carbons (Fsp3) is 0.600. The Hall–Kier alpha value is -0.530. The Kier molecular flexibility index (Phi) is 4.87. The Labute approximate surface area is 109 Å². The number of hydrogen-bond donors (Lipinski definition) is 1. The average molecular weight is 252 g/mol. The largest absolute Gasteiger partial charge is 0.324 e. The van der Waals surface area contributed by atoms with Crippen molar-refractivity contribution >= 4 is 11.6 Å². The summed E-state index contributed by atoms with van der Waals surface area (Å²) in [5, 5.41) is 0.790. The molecule has 1 aromatic rings. The molecule has 1 aliphatic rings. The van der Waals surface area contributed by atoms with Gasteiger partial charge in [-0.1, -0.05) is 55.8 Å². The van der Waals surface area contributed by atoms with Crippen LogP contribution in [0.4, 0.5) is 0 Å². The maximum absolute atomic E-state index is 6.40. The van der Waals surface area contributed by atoms with Gasteiger partial charge in [-0.05, 0) is 36.5 Å². The van der Waals surface area contributed by atoms with E-state index in [1.165, 1.54) is 50.5 Å². The van der Waals surface area contributed by atoms with E-state index in [9.17, 15) is 0 Å². The predicted molar refractivity (Wildman–Crippen MR) is 74.2 cm³/mol. The minimum absolute atomic E-state index is 0.186. The third-order valence-electron chi connectivity index (χ3n) is 3.91. The number of halogens is 1. The fourth-order valence-electron chi connectivity index (χ4n) is 2.80. The van der Waals surface area contributed by atoms with E-state index in [0.29, 0.717) is 5.92 Å². The van der Waals surface area contributed by atoms with E-state index in [-0.39, 0.29) is 6.04 Å². The van der Waals surface area contributed by atoms with Gasteiger partial charge in [0.2, 0.25) is 0 Å². The van der Waals surface area contributed by atoms with E-state index < -0.39 is 0 Å². The highest BCUT2D eigenvalue weighted by Crippen LogP contribution is 2.31. The molecule has 17 heavy (non-hydrogen) atoms. The van der Waals surface area contributed by atoms with Crippen molar-refractivity contribution in [3.8, 4) is 0 Å². The van der Waals surface area contributed by atoms with Crippen molar-refractivity contribution in [2.24, 2.45) is 11.7 Å². The first kappa shape index (κ1) is 12.9. The summed E-state index contributed by atoms with van der Waals surface area (Å²) in [7, 11) is 0. The maximum atomic E-state index is 6.40. The summed E-state index contributed by atoms with van der Waals surface area (Å²) in [6, 6.07) is 8.22. The maximum Gasteiger partial charge on any atom is 0.0406 e. The molecule has 2 heteroatoms. The lowest BCUT2D eigenvalue weighted by Crippen LogP contribution is -2.22. The Morgan fingerprint density at radius 1 is 0.941 bits per heavy atom. The van der Waals surface area contributed by atoms with Gasteiger partial charge in [0.05, 0.1) is 0 Å². The van der Waals surface area contributed by atoms with Crippen LogP contribution in [0, 0.1) is 5.92 Å². The minimum Gasteiger partial charge on any atom is -0.324 e. The molecule has 2 N–H and O–H groups in total. The molecule has 0 heterocycles. The molecule has 0 saturated heterocycles. The zero-order valence-corrected chi connectivity index (χ0v) is 11.1. The van der Waals surface area contributed by atoms with E-state index in [1.807, 2.05) is 12.1 Å². The molecule has 0 amide bonds. The second-order valence-corrected chi connectivity index (χ2v) is 5.62. The van der Waals surface area contributed by atoms with Crippen LogP contribution in [0.1, 0.15) is 56.6 Å². The summed E-state index contributed by atoms with van der Waals surface area (Å²) in [5.74, 6) is 0.650. The molecule has 0 aliphatic heterocycles. The highest BCUT2D eigenvalue weighted by Gasteiger charge is 2.20. The lowest BCUT2D eigenvalue weighted by atomic mass is 9.83. The number of hydrogen-bond acceptors (Lipinski definition) is 1. The van der Waals surface area contributed by atoms with Gasteiger partial charge in [0.1, 0.15) is 0 Å². The van der Waals surface area contributed by atoms with Gasteiger partial charge in [-0.2, -0.15) is 0 Å². The quantitative estimate of drug-likeness (QED) is 0.810. The van der Waals surface area contributed by atoms with Gasteiger partial charge >= 0.3 is 0 Å². The third-order valence-corrected chi connectivity index (χ3v) is 4.16. The summed E-state index contributed by atoms with van der Waals surface area (Å²) in [5.41, 5.74) is 7.63.